The third-order valence-electron chi connectivity index (χ3n) is 2.12. The van der Waals surface area contributed by atoms with Crippen LogP contribution in [-0.2, 0) is 6.42 Å². The number of hydrogen-bond donors (Lipinski definition) is 1. The molecule has 0 radical (unpaired) electrons. The van der Waals surface area contributed by atoms with Gasteiger partial charge in [-0.3, -0.25) is 0 Å². The van der Waals surface area contributed by atoms with Crippen molar-refractivity contribution in [2.45, 2.75) is 6.42 Å². The fourth-order valence-electron chi connectivity index (χ4n) is 1.40. The summed E-state index contributed by atoms with van der Waals surface area (Å²) in [5.74, 6) is 0.114. The van der Waals surface area contributed by atoms with E-state index in [1.54, 1.807) is 18.2 Å². The Kier molecular flexibility index (Phi) is 2.56. The van der Waals surface area contributed by atoms with Gasteiger partial charge in [0.25, 0.3) is 0 Å². The topological polar surface area (TPSA) is 67.6 Å². The summed E-state index contributed by atoms with van der Waals surface area (Å²) in [7, 11) is 0. The van der Waals surface area contributed by atoms with Crippen LogP contribution in [0.5, 0.6) is 0 Å². The van der Waals surface area contributed by atoms with Crippen LogP contribution in [0.1, 0.15) is 5.69 Å². The summed E-state index contributed by atoms with van der Waals surface area (Å²) < 4.78 is 14.2. The van der Waals surface area contributed by atoms with Crippen LogP contribution in [0.3, 0.4) is 0 Å². The van der Waals surface area contributed by atoms with E-state index in [0.29, 0.717) is 17.2 Å². The Morgan fingerprint density at radius 2 is 2.06 bits per heavy atom. The third kappa shape index (κ3) is 1.86. The minimum Gasteiger partial charge on any atom is -0.384 e. The number of nitrogens with two attached hydrogens (primary N) is 1. The molecule has 16 heavy (non-hydrogen) atoms. The second-order valence-electron chi connectivity index (χ2n) is 3.28. The minimum atomic E-state index is -0.313. The molecule has 4 nitrogen and oxygen atoms in total. The third-order valence-corrected chi connectivity index (χ3v) is 2.12. The van der Waals surface area contributed by atoms with Gasteiger partial charge in [0, 0.05) is 6.07 Å². The molecule has 0 unspecified atom stereocenters. The Morgan fingerprint density at radius 1 is 1.38 bits per heavy atom. The first-order valence-electron chi connectivity index (χ1n) is 4.68. The van der Waals surface area contributed by atoms with E-state index in [9.17, 15) is 4.39 Å². The molecule has 0 saturated carbocycles. The van der Waals surface area contributed by atoms with Crippen molar-refractivity contribution < 1.29 is 4.39 Å². The number of anilines is 1. The van der Waals surface area contributed by atoms with E-state index in [0.717, 1.165) is 0 Å². The standard InChI is InChI=1S/C11H9FN4/c12-8-1-3-10(4-2-8)16-11(14)7-9(15-16)5-6-13/h1-4,7H,5,14H2. The number of benzene rings is 1. The molecule has 2 rings (SSSR count). The molecule has 0 amide bonds. The van der Waals surface area contributed by atoms with Crippen LogP contribution in [0, 0.1) is 17.1 Å². The van der Waals surface area contributed by atoms with Gasteiger partial charge in [-0.1, -0.05) is 0 Å². The van der Waals surface area contributed by atoms with Crippen LogP contribution < -0.4 is 5.73 Å². The van der Waals surface area contributed by atoms with Gasteiger partial charge in [0.05, 0.1) is 23.9 Å². The molecule has 5 heteroatoms. The maximum absolute atomic E-state index is 12.7. The van der Waals surface area contributed by atoms with E-state index in [-0.39, 0.29) is 12.2 Å². The maximum Gasteiger partial charge on any atom is 0.127 e. The SMILES string of the molecule is N#CCc1cc(N)n(-c2ccc(F)cc2)n1. The number of aromatic nitrogens is 2. The lowest BCUT2D eigenvalue weighted by molar-refractivity contribution is 0.627. The van der Waals surface area contributed by atoms with E-state index in [2.05, 4.69) is 5.10 Å². The molecule has 0 aliphatic carbocycles. The molecule has 1 aromatic heterocycles. The number of rotatable bonds is 2. The Labute approximate surface area is 91.7 Å². The van der Waals surface area contributed by atoms with Gasteiger partial charge in [0.15, 0.2) is 0 Å². The highest BCUT2D eigenvalue weighted by Gasteiger charge is 2.06. The van der Waals surface area contributed by atoms with Crippen molar-refractivity contribution in [1.82, 2.24) is 9.78 Å². The van der Waals surface area contributed by atoms with E-state index in [1.165, 1.54) is 16.8 Å². The Morgan fingerprint density at radius 3 is 2.69 bits per heavy atom. The molecule has 0 bridgehead atoms. The molecular formula is C11H9FN4. The molecule has 1 heterocycles. The number of nitrogen functional groups attached to an aromatic ring is 1. The van der Waals surface area contributed by atoms with Crippen molar-refractivity contribution in [2.75, 3.05) is 5.73 Å². The smallest absolute Gasteiger partial charge is 0.127 e. The average Bonchev–Trinajstić information content (AvgIpc) is 2.61. The van der Waals surface area contributed by atoms with Crippen LogP contribution in [0.15, 0.2) is 30.3 Å². The zero-order chi connectivity index (χ0) is 11.5. The largest absolute Gasteiger partial charge is 0.384 e. The van der Waals surface area contributed by atoms with E-state index in [1.807, 2.05) is 6.07 Å². The predicted octanol–water partition coefficient (Wildman–Crippen LogP) is 1.66. The van der Waals surface area contributed by atoms with Crippen molar-refractivity contribution in [3.05, 3.63) is 41.8 Å². The van der Waals surface area contributed by atoms with Crippen molar-refractivity contribution >= 4 is 5.82 Å². The summed E-state index contributed by atoms with van der Waals surface area (Å²) in [6.45, 7) is 0. The van der Waals surface area contributed by atoms with Gasteiger partial charge < -0.3 is 5.73 Å². The summed E-state index contributed by atoms with van der Waals surface area (Å²) in [4.78, 5) is 0. The van der Waals surface area contributed by atoms with Gasteiger partial charge in [-0.15, -0.1) is 0 Å². The first-order chi connectivity index (χ1) is 7.70. The molecule has 2 N–H and O–H groups in total. The van der Waals surface area contributed by atoms with Crippen molar-refractivity contribution in [1.29, 1.82) is 5.26 Å². The van der Waals surface area contributed by atoms with E-state index >= 15 is 0 Å². The van der Waals surface area contributed by atoms with Gasteiger partial charge in [-0.05, 0) is 24.3 Å². The lowest BCUT2D eigenvalue weighted by Gasteiger charge is -2.02. The summed E-state index contributed by atoms with van der Waals surface area (Å²) in [5.41, 5.74) is 7.01. The molecular weight excluding hydrogens is 207 g/mol. The van der Waals surface area contributed by atoms with Gasteiger partial charge in [-0.25, -0.2) is 9.07 Å². The molecule has 0 aliphatic rings. The predicted molar refractivity (Wildman–Crippen MR) is 57.3 cm³/mol. The summed E-state index contributed by atoms with van der Waals surface area (Å²) in [5, 5.41) is 12.7. The van der Waals surface area contributed by atoms with Crippen LogP contribution in [0.2, 0.25) is 0 Å². The molecule has 1 aromatic carbocycles. The lowest BCUT2D eigenvalue weighted by atomic mass is 10.3. The molecule has 0 fully saturated rings. The molecule has 0 atom stereocenters. The zero-order valence-electron chi connectivity index (χ0n) is 8.39. The van der Waals surface area contributed by atoms with Gasteiger partial charge >= 0.3 is 0 Å². The summed E-state index contributed by atoms with van der Waals surface area (Å²) in [6.07, 6.45) is 0.207. The number of nitriles is 1. The highest BCUT2D eigenvalue weighted by Crippen LogP contribution is 2.15. The fraction of sp³-hybridized carbons (Fsp3) is 0.0909. The number of hydrogen-bond acceptors (Lipinski definition) is 3. The highest BCUT2D eigenvalue weighted by atomic mass is 19.1. The summed E-state index contributed by atoms with van der Waals surface area (Å²) in [6, 6.07) is 9.45. The zero-order valence-corrected chi connectivity index (χ0v) is 8.39. The molecule has 2 aromatic rings. The van der Waals surface area contributed by atoms with E-state index in [4.69, 9.17) is 11.0 Å². The van der Waals surface area contributed by atoms with Gasteiger partial charge in [-0.2, -0.15) is 10.4 Å². The summed E-state index contributed by atoms with van der Waals surface area (Å²) >= 11 is 0. The monoisotopic (exact) mass is 216 g/mol. The minimum absolute atomic E-state index is 0.207. The van der Waals surface area contributed by atoms with Crippen LogP contribution >= 0.6 is 0 Å². The molecule has 80 valence electrons. The first-order valence-corrected chi connectivity index (χ1v) is 4.68. The number of halogens is 1. The van der Waals surface area contributed by atoms with Crippen molar-refractivity contribution in [3.8, 4) is 11.8 Å². The van der Waals surface area contributed by atoms with Crippen LogP contribution in [0.25, 0.3) is 5.69 Å². The van der Waals surface area contributed by atoms with Crippen molar-refractivity contribution in [2.24, 2.45) is 0 Å². The molecule has 0 spiro atoms. The van der Waals surface area contributed by atoms with Crippen molar-refractivity contribution in [3.63, 3.8) is 0 Å². The fourth-order valence-corrected chi connectivity index (χ4v) is 1.40. The van der Waals surface area contributed by atoms with Crippen LogP contribution in [-0.4, -0.2) is 9.78 Å². The second-order valence-corrected chi connectivity index (χ2v) is 3.28. The average molecular weight is 216 g/mol. The van der Waals surface area contributed by atoms with Gasteiger partial charge in [0.1, 0.15) is 11.6 Å². The quantitative estimate of drug-likeness (QED) is 0.830. The normalized spacial score (nSPS) is 10.0. The van der Waals surface area contributed by atoms with Crippen LogP contribution in [0.4, 0.5) is 10.2 Å². The van der Waals surface area contributed by atoms with E-state index < -0.39 is 0 Å². The van der Waals surface area contributed by atoms with Gasteiger partial charge in [0.2, 0.25) is 0 Å². The second kappa shape index (κ2) is 4.03. The maximum atomic E-state index is 12.7. The lowest BCUT2D eigenvalue weighted by Crippen LogP contribution is -2.01. The first kappa shape index (κ1) is 10.2. The molecule has 0 saturated heterocycles. The Hall–Kier alpha value is -2.35. The number of nitrogens with zero attached hydrogens (tertiary/aromatic N) is 3. The highest BCUT2D eigenvalue weighted by molar-refractivity contribution is 5.43. The molecule has 0 aliphatic heterocycles. The Balaban J connectivity index is 2.40. The Bertz CT molecular complexity index is 536.